The molecule has 0 N–H and O–H groups in total. The molecule has 2 nitrogen and oxygen atoms in total. The van der Waals surface area contributed by atoms with Crippen LogP contribution in [0.4, 0.5) is 17.1 Å². The first-order valence-electron chi connectivity index (χ1n) is 19.2. The Morgan fingerprint density at radius 2 is 0.893 bits per heavy atom. The predicted molar refractivity (Wildman–Crippen MR) is 237 cm³/mol. The summed E-state index contributed by atoms with van der Waals surface area (Å²) in [6.07, 6.45) is 0. The molecule has 0 aliphatic rings. The van der Waals surface area contributed by atoms with E-state index in [4.69, 9.17) is 4.42 Å². The van der Waals surface area contributed by atoms with Crippen molar-refractivity contribution in [3.05, 3.63) is 212 Å². The second-order valence-electron chi connectivity index (χ2n) is 14.5. The maximum Gasteiger partial charge on any atom is 0.159 e. The standard InChI is InChI=1S/C54H35NO/c1-2-14-36(15-3-1)37-28-31-41(32-29-37)55(52-27-13-26-49-50-33-30-38-16-4-7-22-45(38)53(50)56-54(49)52)42-19-12-18-39(34-42)43-21-8-9-24-47(43)51-35-40-17-5-6-20-44(40)46-23-10-11-25-48(46)51/h1-35H. The Hall–Kier alpha value is -7.42. The van der Waals surface area contributed by atoms with E-state index < -0.39 is 0 Å². The molecule has 11 rings (SSSR count). The zero-order chi connectivity index (χ0) is 37.0. The highest BCUT2D eigenvalue weighted by Crippen LogP contribution is 2.46. The predicted octanol–water partition coefficient (Wildman–Crippen LogP) is 15.5. The lowest BCUT2D eigenvalue weighted by Gasteiger charge is -2.26. The lowest BCUT2D eigenvalue weighted by atomic mass is 9.89. The molecule has 1 aromatic heterocycles. The van der Waals surface area contributed by atoms with E-state index in [9.17, 15) is 0 Å². The van der Waals surface area contributed by atoms with Crippen LogP contribution in [-0.4, -0.2) is 0 Å². The fourth-order valence-electron chi connectivity index (χ4n) is 8.61. The fourth-order valence-corrected chi connectivity index (χ4v) is 8.61. The number of anilines is 3. The molecule has 0 saturated carbocycles. The molecule has 0 radical (unpaired) electrons. The number of hydrogen-bond acceptors (Lipinski definition) is 2. The number of fused-ring (bicyclic) bond motifs is 8. The molecule has 262 valence electrons. The topological polar surface area (TPSA) is 16.4 Å². The summed E-state index contributed by atoms with van der Waals surface area (Å²) in [5, 5.41) is 9.52. The Morgan fingerprint density at radius 3 is 1.73 bits per heavy atom. The Morgan fingerprint density at radius 1 is 0.286 bits per heavy atom. The number of rotatable bonds is 6. The zero-order valence-corrected chi connectivity index (χ0v) is 30.6. The van der Waals surface area contributed by atoms with Gasteiger partial charge in [0, 0.05) is 27.5 Å². The van der Waals surface area contributed by atoms with Gasteiger partial charge in [-0.2, -0.15) is 0 Å². The van der Waals surface area contributed by atoms with Crippen LogP contribution < -0.4 is 4.90 Å². The molecule has 1 heterocycles. The molecule has 0 bridgehead atoms. The smallest absolute Gasteiger partial charge is 0.159 e. The number of hydrogen-bond donors (Lipinski definition) is 0. The molecule has 56 heavy (non-hydrogen) atoms. The third kappa shape index (κ3) is 5.26. The first-order valence-corrected chi connectivity index (χ1v) is 19.2. The van der Waals surface area contributed by atoms with Crippen molar-refractivity contribution in [2.24, 2.45) is 0 Å². The van der Waals surface area contributed by atoms with Crippen LogP contribution in [0.3, 0.4) is 0 Å². The first-order chi connectivity index (χ1) is 27.8. The summed E-state index contributed by atoms with van der Waals surface area (Å²) < 4.78 is 6.94. The van der Waals surface area contributed by atoms with Gasteiger partial charge in [0.2, 0.25) is 0 Å². The van der Waals surface area contributed by atoms with Crippen LogP contribution >= 0.6 is 0 Å². The van der Waals surface area contributed by atoms with Crippen molar-refractivity contribution in [2.75, 3.05) is 4.90 Å². The van der Waals surface area contributed by atoms with Gasteiger partial charge in [-0.05, 0) is 103 Å². The molecular weight excluding hydrogens is 679 g/mol. The van der Waals surface area contributed by atoms with Gasteiger partial charge in [0.15, 0.2) is 5.58 Å². The van der Waals surface area contributed by atoms with Crippen molar-refractivity contribution < 1.29 is 4.42 Å². The molecule has 0 unspecified atom stereocenters. The Labute approximate surface area is 325 Å². The van der Waals surface area contributed by atoms with Crippen LogP contribution in [0.25, 0.3) is 87.6 Å². The maximum atomic E-state index is 6.94. The average Bonchev–Trinajstić information content (AvgIpc) is 3.67. The van der Waals surface area contributed by atoms with Crippen LogP contribution in [0.1, 0.15) is 0 Å². The highest BCUT2D eigenvalue weighted by molar-refractivity contribution is 6.18. The minimum atomic E-state index is 0.861. The lowest BCUT2D eigenvalue weighted by molar-refractivity contribution is 0.673. The van der Waals surface area contributed by atoms with E-state index in [2.05, 4.69) is 217 Å². The van der Waals surface area contributed by atoms with E-state index in [1.54, 1.807) is 0 Å². The molecule has 0 saturated heterocycles. The number of furan rings is 1. The SMILES string of the molecule is c1ccc(-c2ccc(N(c3cccc(-c4ccccc4-c4cc5ccccc5c5ccccc45)c3)c3cccc4c3oc3c5ccccc5ccc43)cc2)cc1. The van der Waals surface area contributed by atoms with Gasteiger partial charge >= 0.3 is 0 Å². The maximum absolute atomic E-state index is 6.94. The Bertz CT molecular complexity index is 3250. The van der Waals surface area contributed by atoms with Crippen molar-refractivity contribution in [3.63, 3.8) is 0 Å². The van der Waals surface area contributed by atoms with Gasteiger partial charge in [0.1, 0.15) is 5.58 Å². The second-order valence-corrected chi connectivity index (χ2v) is 14.5. The average molecular weight is 714 g/mol. The van der Waals surface area contributed by atoms with E-state index in [-0.39, 0.29) is 0 Å². The van der Waals surface area contributed by atoms with Gasteiger partial charge in [-0.1, -0.05) is 170 Å². The summed E-state index contributed by atoms with van der Waals surface area (Å²) in [4.78, 5) is 2.35. The third-order valence-electron chi connectivity index (χ3n) is 11.2. The number of para-hydroxylation sites is 1. The summed E-state index contributed by atoms with van der Waals surface area (Å²) in [5.41, 5.74) is 12.0. The molecule has 0 amide bonds. The largest absolute Gasteiger partial charge is 0.453 e. The quantitative estimate of drug-likeness (QED) is 0.160. The fraction of sp³-hybridized carbons (Fsp3) is 0. The molecule has 10 aromatic carbocycles. The minimum Gasteiger partial charge on any atom is -0.453 e. The molecule has 0 aliphatic heterocycles. The van der Waals surface area contributed by atoms with Crippen LogP contribution in [-0.2, 0) is 0 Å². The molecule has 11 aromatic rings. The summed E-state index contributed by atoms with van der Waals surface area (Å²) in [6, 6.07) is 76.4. The van der Waals surface area contributed by atoms with Crippen molar-refractivity contribution in [3.8, 4) is 33.4 Å². The number of nitrogens with zero attached hydrogens (tertiary/aromatic N) is 1. The van der Waals surface area contributed by atoms with E-state index in [0.717, 1.165) is 50.0 Å². The molecule has 2 heteroatoms. The molecular formula is C54H35NO. The summed E-state index contributed by atoms with van der Waals surface area (Å²) in [5.74, 6) is 0. The van der Waals surface area contributed by atoms with Crippen molar-refractivity contribution in [2.45, 2.75) is 0 Å². The number of benzene rings is 10. The van der Waals surface area contributed by atoms with Crippen molar-refractivity contribution >= 4 is 71.3 Å². The van der Waals surface area contributed by atoms with Gasteiger partial charge < -0.3 is 9.32 Å². The molecule has 0 aliphatic carbocycles. The van der Waals surface area contributed by atoms with Crippen LogP contribution in [0.15, 0.2) is 217 Å². The van der Waals surface area contributed by atoms with E-state index in [1.165, 1.54) is 54.7 Å². The van der Waals surface area contributed by atoms with Gasteiger partial charge in [-0.25, -0.2) is 0 Å². The minimum absolute atomic E-state index is 0.861. The van der Waals surface area contributed by atoms with E-state index in [1.807, 2.05) is 0 Å². The molecule has 0 atom stereocenters. The second kappa shape index (κ2) is 13.2. The van der Waals surface area contributed by atoms with Gasteiger partial charge in [0.25, 0.3) is 0 Å². The molecule has 0 spiro atoms. The highest BCUT2D eigenvalue weighted by Gasteiger charge is 2.21. The normalized spacial score (nSPS) is 11.6. The van der Waals surface area contributed by atoms with Crippen LogP contribution in [0.2, 0.25) is 0 Å². The monoisotopic (exact) mass is 713 g/mol. The third-order valence-corrected chi connectivity index (χ3v) is 11.2. The zero-order valence-electron chi connectivity index (χ0n) is 30.6. The van der Waals surface area contributed by atoms with Crippen LogP contribution in [0.5, 0.6) is 0 Å². The highest BCUT2D eigenvalue weighted by atomic mass is 16.3. The van der Waals surface area contributed by atoms with Gasteiger partial charge in [-0.15, -0.1) is 0 Å². The summed E-state index contributed by atoms with van der Waals surface area (Å²) >= 11 is 0. The summed E-state index contributed by atoms with van der Waals surface area (Å²) in [7, 11) is 0. The Kier molecular flexibility index (Phi) is 7.53. The van der Waals surface area contributed by atoms with Gasteiger partial charge in [0.05, 0.1) is 5.69 Å². The Balaban J connectivity index is 1.12. The first kappa shape index (κ1) is 32.0. The summed E-state index contributed by atoms with van der Waals surface area (Å²) in [6.45, 7) is 0. The molecule has 0 fully saturated rings. The van der Waals surface area contributed by atoms with Crippen molar-refractivity contribution in [1.29, 1.82) is 0 Å². The van der Waals surface area contributed by atoms with Crippen LogP contribution in [0, 0.1) is 0 Å². The lowest BCUT2D eigenvalue weighted by Crippen LogP contribution is -2.10. The van der Waals surface area contributed by atoms with E-state index in [0.29, 0.717) is 0 Å². The van der Waals surface area contributed by atoms with Crippen molar-refractivity contribution in [1.82, 2.24) is 0 Å². The van der Waals surface area contributed by atoms with E-state index >= 15 is 0 Å². The van der Waals surface area contributed by atoms with Gasteiger partial charge in [-0.3, -0.25) is 0 Å².